The van der Waals surface area contributed by atoms with E-state index in [0.717, 1.165) is 32.4 Å². The molecule has 0 unspecified atom stereocenters. The Morgan fingerprint density at radius 2 is 2.05 bits per heavy atom. The summed E-state index contributed by atoms with van der Waals surface area (Å²) in [6.07, 6.45) is 3.49. The van der Waals surface area contributed by atoms with Crippen molar-refractivity contribution in [2.45, 2.75) is 58.1 Å². The predicted molar refractivity (Wildman–Crippen MR) is 84.6 cm³/mol. The van der Waals surface area contributed by atoms with Crippen LogP contribution in [0, 0.1) is 5.92 Å². The molecule has 0 spiro atoms. The number of carbonyl (C=O) groups is 2. The summed E-state index contributed by atoms with van der Waals surface area (Å²) in [5.41, 5.74) is -0.533. The quantitative estimate of drug-likeness (QED) is 0.829. The van der Waals surface area contributed by atoms with Crippen molar-refractivity contribution < 1.29 is 14.3 Å². The highest BCUT2D eigenvalue weighted by Crippen LogP contribution is 2.21. The van der Waals surface area contributed by atoms with Gasteiger partial charge in [0.2, 0.25) is 5.91 Å². The van der Waals surface area contributed by atoms with Gasteiger partial charge in [-0.15, -0.1) is 0 Å². The Hall–Kier alpha value is -1.30. The van der Waals surface area contributed by atoms with E-state index in [4.69, 9.17) is 4.74 Å². The second-order valence-electron chi connectivity index (χ2n) is 7.29. The molecule has 2 atom stereocenters. The van der Waals surface area contributed by atoms with Gasteiger partial charge in [-0.1, -0.05) is 0 Å². The molecule has 6 nitrogen and oxygen atoms in total. The highest BCUT2D eigenvalue weighted by Gasteiger charge is 2.36. The maximum atomic E-state index is 12.4. The molecule has 2 aliphatic heterocycles. The van der Waals surface area contributed by atoms with E-state index in [-0.39, 0.29) is 18.0 Å². The Labute approximate surface area is 132 Å². The molecule has 6 heteroatoms. The molecule has 2 heterocycles. The first-order valence-electron chi connectivity index (χ1n) is 8.35. The van der Waals surface area contributed by atoms with Crippen molar-refractivity contribution in [2.75, 3.05) is 26.2 Å². The third-order valence-electron chi connectivity index (χ3n) is 4.15. The predicted octanol–water partition coefficient (Wildman–Crippen LogP) is 1.50. The summed E-state index contributed by atoms with van der Waals surface area (Å²) in [6.45, 7) is 8.83. The van der Waals surface area contributed by atoms with E-state index in [0.29, 0.717) is 25.4 Å². The molecule has 2 fully saturated rings. The third-order valence-corrected chi connectivity index (χ3v) is 4.15. The maximum Gasteiger partial charge on any atom is 0.410 e. The Balaban J connectivity index is 1.83. The summed E-state index contributed by atoms with van der Waals surface area (Å²) < 4.78 is 5.39. The van der Waals surface area contributed by atoms with E-state index in [2.05, 4.69) is 10.6 Å². The van der Waals surface area contributed by atoms with E-state index >= 15 is 0 Å². The molecule has 2 amide bonds. The lowest BCUT2D eigenvalue weighted by Crippen LogP contribution is -2.49. The van der Waals surface area contributed by atoms with E-state index < -0.39 is 5.60 Å². The van der Waals surface area contributed by atoms with Crippen LogP contribution in [0.1, 0.15) is 46.5 Å². The molecule has 22 heavy (non-hydrogen) atoms. The van der Waals surface area contributed by atoms with Crippen LogP contribution in [-0.2, 0) is 9.53 Å². The number of carbonyl (C=O) groups excluding carboxylic acids is 2. The van der Waals surface area contributed by atoms with Gasteiger partial charge in [0.25, 0.3) is 0 Å². The van der Waals surface area contributed by atoms with Crippen molar-refractivity contribution in [3.8, 4) is 0 Å². The van der Waals surface area contributed by atoms with Gasteiger partial charge in [0.15, 0.2) is 0 Å². The molecule has 2 aliphatic rings. The lowest BCUT2D eigenvalue weighted by atomic mass is 9.99. The molecule has 0 radical (unpaired) electrons. The average molecular weight is 311 g/mol. The van der Waals surface area contributed by atoms with Gasteiger partial charge in [-0.3, -0.25) is 9.69 Å². The largest absolute Gasteiger partial charge is 0.444 e. The van der Waals surface area contributed by atoms with Crippen LogP contribution in [0.5, 0.6) is 0 Å². The molecule has 0 aromatic heterocycles. The molecule has 0 aliphatic carbocycles. The molecule has 0 saturated carbocycles. The third kappa shape index (κ3) is 4.87. The number of piperidine rings is 1. The first kappa shape index (κ1) is 17.1. The van der Waals surface area contributed by atoms with Crippen LogP contribution in [0.15, 0.2) is 0 Å². The number of ether oxygens (including phenoxy) is 1. The number of nitrogens with zero attached hydrogens (tertiary/aromatic N) is 1. The van der Waals surface area contributed by atoms with Crippen molar-refractivity contribution in [2.24, 2.45) is 5.92 Å². The first-order chi connectivity index (χ1) is 10.4. The van der Waals surface area contributed by atoms with E-state index in [1.807, 2.05) is 20.8 Å². The zero-order valence-electron chi connectivity index (χ0n) is 14.0. The fraction of sp³-hybridized carbons (Fsp3) is 0.875. The molecule has 0 bridgehead atoms. The van der Waals surface area contributed by atoms with Gasteiger partial charge in [-0.05, 0) is 65.5 Å². The molecule has 0 aromatic carbocycles. The monoisotopic (exact) mass is 311 g/mol. The minimum absolute atomic E-state index is 0.0473. The smallest absolute Gasteiger partial charge is 0.410 e. The molecule has 2 saturated heterocycles. The SMILES string of the molecule is CC(C)(C)OC(=O)N1CCC[C@H]1C(=O)NC[C@H]1CCCNC1. The molecular weight excluding hydrogens is 282 g/mol. The summed E-state index contributed by atoms with van der Waals surface area (Å²) in [4.78, 5) is 26.2. The van der Waals surface area contributed by atoms with E-state index in [1.54, 1.807) is 4.90 Å². The normalized spacial score (nSPS) is 25.9. The van der Waals surface area contributed by atoms with Gasteiger partial charge in [0.05, 0.1) is 0 Å². The summed E-state index contributed by atoms with van der Waals surface area (Å²) in [6, 6.07) is -0.383. The molecule has 2 rings (SSSR count). The number of likely N-dealkylation sites (tertiary alicyclic amines) is 1. The highest BCUT2D eigenvalue weighted by atomic mass is 16.6. The first-order valence-corrected chi connectivity index (χ1v) is 8.35. The Bertz CT molecular complexity index is 400. The number of hydrogen-bond acceptors (Lipinski definition) is 4. The van der Waals surface area contributed by atoms with Crippen molar-refractivity contribution in [1.29, 1.82) is 0 Å². The lowest BCUT2D eigenvalue weighted by molar-refractivity contribution is -0.125. The Morgan fingerprint density at radius 1 is 1.27 bits per heavy atom. The van der Waals surface area contributed by atoms with E-state index in [1.165, 1.54) is 0 Å². The zero-order chi connectivity index (χ0) is 16.2. The van der Waals surface area contributed by atoms with Crippen LogP contribution in [0.25, 0.3) is 0 Å². The van der Waals surface area contributed by atoms with Crippen LogP contribution in [0.2, 0.25) is 0 Å². The average Bonchev–Trinajstić information content (AvgIpc) is 2.93. The van der Waals surface area contributed by atoms with Crippen molar-refractivity contribution >= 4 is 12.0 Å². The standard InChI is InChI=1S/C16H29N3O3/c1-16(2,3)22-15(21)19-9-5-7-13(19)14(20)18-11-12-6-4-8-17-10-12/h12-13,17H,4-11H2,1-3H3,(H,18,20)/t12-,13-/m0/s1. The minimum atomic E-state index is -0.533. The van der Waals surface area contributed by atoms with Crippen molar-refractivity contribution in [3.05, 3.63) is 0 Å². The Kier molecular flexibility index (Phi) is 5.67. The fourth-order valence-electron chi connectivity index (χ4n) is 3.04. The van der Waals surface area contributed by atoms with Gasteiger partial charge in [0, 0.05) is 13.1 Å². The zero-order valence-corrected chi connectivity index (χ0v) is 14.0. The van der Waals surface area contributed by atoms with Gasteiger partial charge >= 0.3 is 6.09 Å². The topological polar surface area (TPSA) is 70.7 Å². The van der Waals surface area contributed by atoms with Gasteiger partial charge in [-0.25, -0.2) is 4.79 Å². The summed E-state index contributed by atoms with van der Waals surface area (Å²) in [5.74, 6) is 0.447. The van der Waals surface area contributed by atoms with Gasteiger partial charge in [-0.2, -0.15) is 0 Å². The van der Waals surface area contributed by atoms with Crippen LogP contribution in [-0.4, -0.2) is 54.7 Å². The fourth-order valence-corrected chi connectivity index (χ4v) is 3.04. The Morgan fingerprint density at radius 3 is 2.68 bits per heavy atom. The summed E-state index contributed by atoms with van der Waals surface area (Å²) in [7, 11) is 0. The summed E-state index contributed by atoms with van der Waals surface area (Å²) >= 11 is 0. The van der Waals surface area contributed by atoms with Crippen LogP contribution in [0.4, 0.5) is 4.79 Å². The van der Waals surface area contributed by atoms with E-state index in [9.17, 15) is 9.59 Å². The molecule has 2 N–H and O–H groups in total. The number of nitrogens with one attached hydrogen (secondary N) is 2. The second-order valence-corrected chi connectivity index (χ2v) is 7.29. The highest BCUT2D eigenvalue weighted by molar-refractivity contribution is 5.86. The maximum absolute atomic E-state index is 12.4. The van der Waals surface area contributed by atoms with Crippen molar-refractivity contribution in [3.63, 3.8) is 0 Å². The number of hydrogen-bond donors (Lipinski definition) is 2. The van der Waals surface area contributed by atoms with Gasteiger partial charge < -0.3 is 15.4 Å². The minimum Gasteiger partial charge on any atom is -0.444 e. The number of amides is 2. The van der Waals surface area contributed by atoms with Crippen LogP contribution < -0.4 is 10.6 Å². The molecule has 126 valence electrons. The number of rotatable bonds is 3. The van der Waals surface area contributed by atoms with Crippen molar-refractivity contribution in [1.82, 2.24) is 15.5 Å². The van der Waals surface area contributed by atoms with Crippen LogP contribution >= 0.6 is 0 Å². The molecular formula is C16H29N3O3. The molecule has 0 aromatic rings. The summed E-state index contributed by atoms with van der Waals surface area (Å²) in [5, 5.41) is 6.36. The van der Waals surface area contributed by atoms with Gasteiger partial charge in [0.1, 0.15) is 11.6 Å². The second kappa shape index (κ2) is 7.31. The lowest BCUT2D eigenvalue weighted by Gasteiger charge is -2.29. The van der Waals surface area contributed by atoms with Crippen LogP contribution in [0.3, 0.4) is 0 Å².